The van der Waals surface area contributed by atoms with E-state index in [0.717, 1.165) is 12.3 Å². The van der Waals surface area contributed by atoms with Crippen molar-refractivity contribution >= 4 is 56.9 Å². The number of halogens is 2. The van der Waals surface area contributed by atoms with E-state index in [1.807, 2.05) is 0 Å². The third kappa shape index (κ3) is 5.43. The van der Waals surface area contributed by atoms with E-state index < -0.39 is 13.2 Å². The number of hydrogen-bond acceptors (Lipinski definition) is 0. The molecule has 0 saturated heterocycles. The van der Waals surface area contributed by atoms with E-state index in [1.54, 1.807) is 0 Å². The summed E-state index contributed by atoms with van der Waals surface area (Å²) in [6.07, 6.45) is 1.78. The summed E-state index contributed by atoms with van der Waals surface area (Å²) in [6.45, 7) is -4.91. The largest absolute Gasteiger partial charge is 0 e. The van der Waals surface area contributed by atoms with Gasteiger partial charge in [0.05, 0.1) is 0 Å². The molecule has 0 nitrogen and oxygen atoms in total. The molecule has 0 atom stereocenters. The standard InChI is InChI=1S/C26H26Cl2P2.Co/c27-29(23-13-5-1-6-14-23,24-15-7-2-8-16-24)21-22-30(28,25-17-9-3-10-18-25)26-19-11-4-12-20-26;/h1-20,29-30H,21-22H2;. The number of benzene rings is 4. The van der Waals surface area contributed by atoms with Crippen LogP contribution in [0.4, 0.5) is 0 Å². The van der Waals surface area contributed by atoms with Crippen LogP contribution in [0.1, 0.15) is 0 Å². The third-order valence-corrected chi connectivity index (χ3v) is 16.9. The van der Waals surface area contributed by atoms with Gasteiger partial charge in [-0.25, -0.2) is 0 Å². The van der Waals surface area contributed by atoms with Crippen LogP contribution in [0, 0.1) is 0 Å². The maximum Gasteiger partial charge on any atom is 0 e. The molecule has 0 N–H and O–H groups in total. The van der Waals surface area contributed by atoms with E-state index in [0.29, 0.717) is 0 Å². The van der Waals surface area contributed by atoms with Crippen molar-refractivity contribution in [3.05, 3.63) is 121 Å². The molecule has 4 aromatic rings. The van der Waals surface area contributed by atoms with Crippen molar-refractivity contribution in [2.45, 2.75) is 0 Å². The summed E-state index contributed by atoms with van der Waals surface area (Å²) in [6, 6.07) is 42.3. The van der Waals surface area contributed by atoms with Crippen LogP contribution in [0.2, 0.25) is 0 Å². The van der Waals surface area contributed by atoms with Crippen molar-refractivity contribution in [1.82, 2.24) is 0 Å². The third-order valence-electron chi connectivity index (χ3n) is 5.74. The quantitative estimate of drug-likeness (QED) is 0.254. The molecule has 0 amide bonds. The van der Waals surface area contributed by atoms with Crippen molar-refractivity contribution in [2.24, 2.45) is 0 Å². The molecule has 1 radical (unpaired) electrons. The van der Waals surface area contributed by atoms with Crippen LogP contribution in [0.5, 0.6) is 0 Å². The molecule has 4 rings (SSSR count). The van der Waals surface area contributed by atoms with Gasteiger partial charge in [0, 0.05) is 16.8 Å². The van der Waals surface area contributed by atoms with Crippen LogP contribution in [0.15, 0.2) is 121 Å². The summed E-state index contributed by atoms with van der Waals surface area (Å²) in [5.74, 6) is 0. The Morgan fingerprint density at radius 1 is 0.387 bits per heavy atom. The van der Waals surface area contributed by atoms with E-state index in [2.05, 4.69) is 121 Å². The van der Waals surface area contributed by atoms with Gasteiger partial charge in [-0.05, 0) is 0 Å². The van der Waals surface area contributed by atoms with Crippen LogP contribution >= 0.6 is 35.7 Å². The second-order valence-corrected chi connectivity index (χ2v) is 18.0. The maximum absolute atomic E-state index is 7.57. The molecule has 0 aliphatic carbocycles. The second-order valence-electron chi connectivity index (χ2n) is 7.57. The summed E-state index contributed by atoms with van der Waals surface area (Å²) < 4.78 is 0. The van der Waals surface area contributed by atoms with Crippen molar-refractivity contribution in [2.75, 3.05) is 12.3 Å². The number of hydrogen-bond donors (Lipinski definition) is 0. The van der Waals surface area contributed by atoms with E-state index in [9.17, 15) is 0 Å². The molecule has 0 aliphatic heterocycles. The van der Waals surface area contributed by atoms with E-state index >= 15 is 0 Å². The van der Waals surface area contributed by atoms with Crippen LogP contribution < -0.4 is 21.2 Å². The molecule has 0 unspecified atom stereocenters. The second kappa shape index (κ2) is 11.1. The van der Waals surface area contributed by atoms with Gasteiger partial charge in [0.15, 0.2) is 0 Å². The summed E-state index contributed by atoms with van der Waals surface area (Å²) in [4.78, 5) is 0. The zero-order valence-corrected chi connectivity index (χ0v) is 21.6. The van der Waals surface area contributed by atoms with Gasteiger partial charge in [-0.3, -0.25) is 0 Å². The number of rotatable bonds is 7. The fourth-order valence-corrected chi connectivity index (χ4v) is 14.7. The van der Waals surface area contributed by atoms with Crippen molar-refractivity contribution < 1.29 is 16.8 Å². The predicted molar refractivity (Wildman–Crippen MR) is 142 cm³/mol. The van der Waals surface area contributed by atoms with Crippen LogP contribution in [-0.2, 0) is 16.8 Å². The Balaban J connectivity index is 0.00000272. The average Bonchev–Trinajstić information content (AvgIpc) is 2.84. The Hall–Kier alpha value is -1.17. The average molecular weight is 530 g/mol. The maximum atomic E-state index is 7.57. The molecular weight excluding hydrogens is 504 g/mol. The zero-order chi connectivity index (χ0) is 20.9. The minimum atomic E-state index is -2.45. The molecule has 4 aromatic carbocycles. The minimum Gasteiger partial charge on any atom is 0 e. The molecule has 163 valence electrons. The molecule has 31 heavy (non-hydrogen) atoms. The normalized spacial score (nSPS) is 12.6. The Morgan fingerprint density at radius 3 is 0.774 bits per heavy atom. The van der Waals surface area contributed by atoms with Gasteiger partial charge in [0.2, 0.25) is 0 Å². The molecular formula is C26H26Cl2CoP2. The first-order valence-electron chi connectivity index (χ1n) is 10.2. The Bertz CT molecular complexity index is 894. The van der Waals surface area contributed by atoms with Crippen LogP contribution in [0.3, 0.4) is 0 Å². The van der Waals surface area contributed by atoms with E-state index in [4.69, 9.17) is 22.5 Å². The zero-order valence-electron chi connectivity index (χ0n) is 17.1. The molecule has 0 bridgehead atoms. The molecule has 0 spiro atoms. The van der Waals surface area contributed by atoms with Crippen LogP contribution in [0.25, 0.3) is 0 Å². The first-order valence-corrected chi connectivity index (χ1v) is 16.7. The van der Waals surface area contributed by atoms with Gasteiger partial charge in [-0.2, -0.15) is 0 Å². The molecule has 5 heteroatoms. The first-order chi connectivity index (χ1) is 14.6. The van der Waals surface area contributed by atoms with Gasteiger partial charge in [-0.15, -0.1) is 0 Å². The van der Waals surface area contributed by atoms with E-state index in [-0.39, 0.29) is 16.8 Å². The Morgan fingerprint density at radius 2 is 0.581 bits per heavy atom. The monoisotopic (exact) mass is 529 g/mol. The molecule has 0 aromatic heterocycles. The fraction of sp³-hybridized carbons (Fsp3) is 0.0769. The van der Waals surface area contributed by atoms with Crippen molar-refractivity contribution in [1.29, 1.82) is 0 Å². The van der Waals surface area contributed by atoms with Gasteiger partial charge in [0.25, 0.3) is 0 Å². The molecule has 0 saturated carbocycles. The van der Waals surface area contributed by atoms with Gasteiger partial charge in [-0.1, -0.05) is 0 Å². The topological polar surface area (TPSA) is 0 Å². The SMILES string of the molecule is Cl[PH](CC[PH](Cl)(c1ccccc1)c1ccccc1)(c1ccccc1)c1ccccc1.[Co]. The minimum absolute atomic E-state index is 0. The smallest absolute Gasteiger partial charge is 0 e. The fourth-order valence-electron chi connectivity index (χ4n) is 4.06. The van der Waals surface area contributed by atoms with E-state index in [1.165, 1.54) is 21.2 Å². The first kappa shape index (κ1) is 24.5. The van der Waals surface area contributed by atoms with Crippen LogP contribution in [-0.4, -0.2) is 12.3 Å². The molecule has 0 fully saturated rings. The van der Waals surface area contributed by atoms with Gasteiger partial charge in [0.1, 0.15) is 0 Å². The Kier molecular flexibility index (Phi) is 8.77. The van der Waals surface area contributed by atoms with Gasteiger partial charge < -0.3 is 0 Å². The van der Waals surface area contributed by atoms with Crippen molar-refractivity contribution in [3.8, 4) is 0 Å². The molecule has 0 heterocycles. The summed E-state index contributed by atoms with van der Waals surface area (Å²) >= 11 is 15.1. The van der Waals surface area contributed by atoms with Gasteiger partial charge >= 0.3 is 191 Å². The summed E-state index contributed by atoms with van der Waals surface area (Å²) in [7, 11) is 0. The van der Waals surface area contributed by atoms with Crippen molar-refractivity contribution in [3.63, 3.8) is 0 Å². The Labute approximate surface area is 206 Å². The molecule has 0 aliphatic rings. The summed E-state index contributed by atoms with van der Waals surface area (Å²) in [5.41, 5.74) is 0. The predicted octanol–water partition coefficient (Wildman–Crippen LogP) is 6.09. The summed E-state index contributed by atoms with van der Waals surface area (Å²) in [5, 5.41) is 4.97.